The van der Waals surface area contributed by atoms with Gasteiger partial charge in [0.15, 0.2) is 0 Å². The van der Waals surface area contributed by atoms with Crippen LogP contribution in [0, 0.1) is 10.1 Å². The van der Waals surface area contributed by atoms with Crippen molar-refractivity contribution in [2.75, 3.05) is 11.9 Å². The smallest absolute Gasteiger partial charge is 0.293 e. The molecular weight excluding hydrogens is 220 g/mol. The second-order valence-corrected chi connectivity index (χ2v) is 3.58. The summed E-state index contributed by atoms with van der Waals surface area (Å²) in [5, 5.41) is 22.8. The first kappa shape index (κ1) is 11.7. The molecule has 2 N–H and O–H groups in total. The molecule has 0 spiro atoms. The maximum Gasteiger partial charge on any atom is 0.293 e. The van der Waals surface area contributed by atoms with E-state index in [1.165, 1.54) is 12.1 Å². The van der Waals surface area contributed by atoms with Crippen molar-refractivity contribution in [3.8, 4) is 0 Å². The van der Waals surface area contributed by atoms with Crippen molar-refractivity contribution in [2.45, 2.75) is 13.0 Å². The van der Waals surface area contributed by atoms with Gasteiger partial charge in [0.05, 0.1) is 11.0 Å². The molecule has 0 aliphatic carbocycles. The van der Waals surface area contributed by atoms with Crippen molar-refractivity contribution < 1.29 is 10.0 Å². The van der Waals surface area contributed by atoms with Crippen molar-refractivity contribution in [2.24, 2.45) is 0 Å². The zero-order valence-electron chi connectivity index (χ0n) is 8.11. The van der Waals surface area contributed by atoms with Gasteiger partial charge in [-0.05, 0) is 19.1 Å². The standard InChI is InChI=1S/C9H11ClN2O3/c1-6(13)5-11-8-3-2-7(10)4-9(8)12(14)15/h2-4,6,11,13H,5H2,1H3/t6-/m1/s1. The number of benzene rings is 1. The van der Waals surface area contributed by atoms with Crippen LogP contribution in [0.1, 0.15) is 6.92 Å². The highest BCUT2D eigenvalue weighted by Crippen LogP contribution is 2.27. The first-order valence-corrected chi connectivity index (χ1v) is 4.74. The zero-order chi connectivity index (χ0) is 11.4. The van der Waals surface area contributed by atoms with Crippen LogP contribution in [0.2, 0.25) is 5.02 Å². The number of nitro benzene ring substituents is 1. The number of aliphatic hydroxyl groups excluding tert-OH is 1. The number of halogens is 1. The fourth-order valence-electron chi connectivity index (χ4n) is 1.06. The number of hydrogen-bond donors (Lipinski definition) is 2. The lowest BCUT2D eigenvalue weighted by Crippen LogP contribution is -2.15. The lowest BCUT2D eigenvalue weighted by atomic mass is 10.2. The van der Waals surface area contributed by atoms with Gasteiger partial charge < -0.3 is 10.4 Å². The Morgan fingerprint density at radius 3 is 2.87 bits per heavy atom. The molecule has 1 aromatic carbocycles. The van der Waals surface area contributed by atoms with Gasteiger partial charge in [0.2, 0.25) is 0 Å². The van der Waals surface area contributed by atoms with E-state index >= 15 is 0 Å². The highest BCUT2D eigenvalue weighted by atomic mass is 35.5. The second-order valence-electron chi connectivity index (χ2n) is 3.15. The number of nitrogens with zero attached hydrogens (tertiary/aromatic N) is 1. The number of hydrogen-bond acceptors (Lipinski definition) is 4. The number of aliphatic hydroxyl groups is 1. The van der Waals surface area contributed by atoms with Crippen molar-refractivity contribution in [3.63, 3.8) is 0 Å². The van der Waals surface area contributed by atoms with Crippen LogP contribution in [0.25, 0.3) is 0 Å². The molecule has 1 aromatic rings. The molecule has 0 radical (unpaired) electrons. The Morgan fingerprint density at radius 1 is 1.67 bits per heavy atom. The molecule has 0 amide bonds. The molecule has 15 heavy (non-hydrogen) atoms. The minimum absolute atomic E-state index is 0.0943. The first-order chi connectivity index (χ1) is 7.00. The fourth-order valence-corrected chi connectivity index (χ4v) is 1.23. The normalized spacial score (nSPS) is 12.2. The van der Waals surface area contributed by atoms with Crippen molar-refractivity contribution >= 4 is 23.0 Å². The summed E-state index contributed by atoms with van der Waals surface area (Å²) in [6, 6.07) is 4.34. The highest BCUT2D eigenvalue weighted by Gasteiger charge is 2.13. The van der Waals surface area contributed by atoms with E-state index in [2.05, 4.69) is 5.32 Å². The molecule has 6 heteroatoms. The minimum atomic E-state index is -0.569. The summed E-state index contributed by atoms with van der Waals surface area (Å²) < 4.78 is 0. The van der Waals surface area contributed by atoms with Gasteiger partial charge in [-0.1, -0.05) is 11.6 Å². The van der Waals surface area contributed by atoms with Gasteiger partial charge in [-0.2, -0.15) is 0 Å². The summed E-state index contributed by atoms with van der Waals surface area (Å²) >= 11 is 5.64. The monoisotopic (exact) mass is 230 g/mol. The molecular formula is C9H11ClN2O3. The van der Waals surface area contributed by atoms with E-state index in [1.807, 2.05) is 0 Å². The SMILES string of the molecule is C[C@@H](O)CNc1ccc(Cl)cc1[N+](=O)[O-]. The van der Waals surface area contributed by atoms with E-state index in [1.54, 1.807) is 13.0 Å². The quantitative estimate of drug-likeness (QED) is 0.613. The molecule has 5 nitrogen and oxygen atoms in total. The number of nitrogens with one attached hydrogen (secondary N) is 1. The minimum Gasteiger partial charge on any atom is -0.392 e. The molecule has 1 rings (SSSR count). The third-order valence-corrected chi connectivity index (χ3v) is 1.98. The molecule has 0 fully saturated rings. The van der Waals surface area contributed by atoms with Crippen molar-refractivity contribution in [1.29, 1.82) is 0 Å². The van der Waals surface area contributed by atoms with E-state index < -0.39 is 11.0 Å². The predicted molar refractivity (Wildman–Crippen MR) is 58.3 cm³/mol. The van der Waals surface area contributed by atoms with E-state index in [9.17, 15) is 10.1 Å². The molecule has 0 aromatic heterocycles. The van der Waals surface area contributed by atoms with Crippen molar-refractivity contribution in [1.82, 2.24) is 0 Å². The largest absolute Gasteiger partial charge is 0.392 e. The molecule has 1 atom stereocenters. The van der Waals surface area contributed by atoms with E-state index in [-0.39, 0.29) is 12.2 Å². The number of rotatable bonds is 4. The molecule has 0 unspecified atom stereocenters. The number of anilines is 1. The Morgan fingerprint density at radius 2 is 2.33 bits per heavy atom. The van der Waals surface area contributed by atoms with Gasteiger partial charge in [0.1, 0.15) is 5.69 Å². The topological polar surface area (TPSA) is 75.4 Å². The highest BCUT2D eigenvalue weighted by molar-refractivity contribution is 6.30. The third-order valence-electron chi connectivity index (χ3n) is 1.74. The van der Waals surface area contributed by atoms with Crippen LogP contribution in [0.4, 0.5) is 11.4 Å². The average Bonchev–Trinajstić information content (AvgIpc) is 2.15. The Labute approximate surface area is 91.8 Å². The van der Waals surface area contributed by atoms with Gasteiger partial charge in [-0.25, -0.2) is 0 Å². The maximum atomic E-state index is 10.7. The Bertz CT molecular complexity index is 368. The van der Waals surface area contributed by atoms with Gasteiger partial charge >= 0.3 is 0 Å². The zero-order valence-corrected chi connectivity index (χ0v) is 8.86. The second kappa shape index (κ2) is 4.95. The van der Waals surface area contributed by atoms with Gasteiger partial charge in [0, 0.05) is 17.6 Å². The summed E-state index contributed by atoms with van der Waals surface area (Å²) in [5.41, 5.74) is 0.258. The van der Waals surface area contributed by atoms with Gasteiger partial charge in [-0.15, -0.1) is 0 Å². The van der Waals surface area contributed by atoms with E-state index in [0.29, 0.717) is 10.7 Å². The summed E-state index contributed by atoms with van der Waals surface area (Å²) in [7, 11) is 0. The molecule has 82 valence electrons. The van der Waals surface area contributed by atoms with Crippen LogP contribution in [0.15, 0.2) is 18.2 Å². The van der Waals surface area contributed by atoms with Crippen LogP contribution >= 0.6 is 11.6 Å². The van der Waals surface area contributed by atoms with Crippen LogP contribution < -0.4 is 5.32 Å². The van der Waals surface area contributed by atoms with Crippen LogP contribution in [0.3, 0.4) is 0 Å². The molecule has 0 bridgehead atoms. The average molecular weight is 231 g/mol. The molecule has 0 aliphatic heterocycles. The van der Waals surface area contributed by atoms with Gasteiger partial charge in [0.25, 0.3) is 5.69 Å². The lowest BCUT2D eigenvalue weighted by molar-refractivity contribution is -0.383. The predicted octanol–water partition coefficient (Wildman–Crippen LogP) is 2.04. The van der Waals surface area contributed by atoms with Gasteiger partial charge in [-0.3, -0.25) is 10.1 Å². The summed E-state index contributed by atoms with van der Waals surface area (Å²) in [6.45, 7) is 1.84. The lowest BCUT2D eigenvalue weighted by Gasteiger charge is -2.08. The first-order valence-electron chi connectivity index (χ1n) is 4.36. The molecule has 0 saturated heterocycles. The number of nitro groups is 1. The third kappa shape index (κ3) is 3.38. The summed E-state index contributed by atoms with van der Waals surface area (Å²) in [5.74, 6) is 0. The molecule has 0 aliphatic rings. The summed E-state index contributed by atoms with van der Waals surface area (Å²) in [6.07, 6.45) is -0.569. The molecule has 0 heterocycles. The summed E-state index contributed by atoms with van der Waals surface area (Å²) in [4.78, 5) is 10.1. The Balaban J connectivity index is 2.91. The van der Waals surface area contributed by atoms with E-state index in [4.69, 9.17) is 16.7 Å². The Kier molecular flexibility index (Phi) is 3.88. The van der Waals surface area contributed by atoms with Crippen molar-refractivity contribution in [3.05, 3.63) is 33.3 Å². The van der Waals surface area contributed by atoms with Crippen LogP contribution in [0.5, 0.6) is 0 Å². The van der Waals surface area contributed by atoms with E-state index in [0.717, 1.165) is 0 Å². The molecule has 0 saturated carbocycles. The van der Waals surface area contributed by atoms with Crippen LogP contribution in [-0.2, 0) is 0 Å². The van der Waals surface area contributed by atoms with Crippen LogP contribution in [-0.4, -0.2) is 22.7 Å². The maximum absolute atomic E-state index is 10.7. The Hall–Kier alpha value is -1.33. The fraction of sp³-hybridized carbons (Fsp3) is 0.333.